The minimum atomic E-state index is 0.251. The number of pyridine rings is 1. The smallest absolute Gasteiger partial charge is 0.137 e. The number of aryl methyl sites for hydroxylation is 1. The number of aromatic nitrogens is 1. The Morgan fingerprint density at radius 2 is 1.55 bits per heavy atom. The lowest BCUT2D eigenvalue weighted by molar-refractivity contribution is -0.118. The quantitative estimate of drug-likeness (QED) is 0.365. The summed E-state index contributed by atoms with van der Waals surface area (Å²) in [6.07, 6.45) is 5.33. The molecule has 0 saturated carbocycles. The molecule has 3 heteroatoms. The van der Waals surface area contributed by atoms with Gasteiger partial charge in [0.1, 0.15) is 5.78 Å². The molecule has 4 rings (SSSR count). The number of hydrogen-bond donors (Lipinski definition) is 1. The Morgan fingerprint density at radius 1 is 0.774 bits per heavy atom. The van der Waals surface area contributed by atoms with Gasteiger partial charge in [-0.15, -0.1) is 0 Å². The van der Waals surface area contributed by atoms with E-state index >= 15 is 0 Å². The highest BCUT2D eigenvalue weighted by atomic mass is 16.1. The second-order valence-electron chi connectivity index (χ2n) is 7.65. The van der Waals surface area contributed by atoms with Crippen LogP contribution in [0.4, 0.5) is 5.69 Å². The number of hydrogen-bond acceptors (Lipinski definition) is 3. The number of nitrogens with zero attached hydrogens (tertiary/aromatic N) is 1. The summed E-state index contributed by atoms with van der Waals surface area (Å²) in [6.45, 7) is 0.744. The van der Waals surface area contributed by atoms with Crippen LogP contribution in [0.1, 0.15) is 23.1 Å². The van der Waals surface area contributed by atoms with E-state index in [1.54, 1.807) is 6.20 Å². The largest absolute Gasteiger partial charge is 0.381 e. The van der Waals surface area contributed by atoms with Gasteiger partial charge in [-0.2, -0.15) is 0 Å². The standard InChI is InChI=1S/C28H26N2O/c31-27(17-14-23-7-6-18-29-20-23)19-22-12-15-26(16-13-22)30-21-25-10-4-5-11-28(25)24-8-2-1-3-9-24/h1-13,15-16,18,20,30H,14,17,19,21H2. The van der Waals surface area contributed by atoms with Crippen molar-refractivity contribution in [3.63, 3.8) is 0 Å². The van der Waals surface area contributed by atoms with Gasteiger partial charge < -0.3 is 5.32 Å². The number of rotatable bonds is 9. The van der Waals surface area contributed by atoms with Crippen LogP contribution in [0.15, 0.2) is 103 Å². The molecule has 31 heavy (non-hydrogen) atoms. The highest BCUT2D eigenvalue weighted by Gasteiger charge is 2.06. The minimum Gasteiger partial charge on any atom is -0.381 e. The average molecular weight is 407 g/mol. The Morgan fingerprint density at radius 3 is 2.32 bits per heavy atom. The Bertz CT molecular complexity index is 1110. The van der Waals surface area contributed by atoms with Crippen LogP contribution in [0, 0.1) is 0 Å². The van der Waals surface area contributed by atoms with Crippen molar-refractivity contribution in [2.75, 3.05) is 5.32 Å². The SMILES string of the molecule is O=C(CCc1cccnc1)Cc1ccc(NCc2ccccc2-c2ccccc2)cc1. The van der Waals surface area contributed by atoms with Crippen LogP contribution >= 0.6 is 0 Å². The normalized spacial score (nSPS) is 10.6. The molecule has 1 heterocycles. The number of anilines is 1. The Hall–Kier alpha value is -3.72. The highest BCUT2D eigenvalue weighted by Crippen LogP contribution is 2.24. The maximum absolute atomic E-state index is 12.3. The van der Waals surface area contributed by atoms with Gasteiger partial charge in [0, 0.05) is 37.5 Å². The van der Waals surface area contributed by atoms with E-state index in [1.165, 1.54) is 16.7 Å². The summed E-state index contributed by atoms with van der Waals surface area (Å²) in [5.74, 6) is 0.251. The van der Waals surface area contributed by atoms with E-state index < -0.39 is 0 Å². The van der Waals surface area contributed by atoms with Gasteiger partial charge in [0.15, 0.2) is 0 Å². The predicted octanol–water partition coefficient (Wildman–Crippen LogP) is 6.11. The molecule has 1 aromatic heterocycles. The zero-order valence-corrected chi connectivity index (χ0v) is 17.5. The fourth-order valence-electron chi connectivity index (χ4n) is 3.66. The third kappa shape index (κ3) is 5.89. The molecular formula is C28H26N2O. The molecule has 3 nitrogen and oxygen atoms in total. The second-order valence-corrected chi connectivity index (χ2v) is 7.65. The van der Waals surface area contributed by atoms with Gasteiger partial charge in [-0.05, 0) is 52.4 Å². The molecule has 0 fully saturated rings. The first-order chi connectivity index (χ1) is 15.3. The summed E-state index contributed by atoms with van der Waals surface area (Å²) in [5.41, 5.74) is 6.92. The molecule has 0 spiro atoms. The molecule has 0 atom stereocenters. The molecule has 0 aliphatic heterocycles. The van der Waals surface area contributed by atoms with Gasteiger partial charge in [0.05, 0.1) is 0 Å². The third-order valence-corrected chi connectivity index (χ3v) is 5.36. The number of Topliss-reactive ketones (excluding diaryl/α,β-unsaturated/α-hetero) is 1. The van der Waals surface area contributed by atoms with Crippen molar-refractivity contribution in [3.05, 3.63) is 120 Å². The zero-order valence-electron chi connectivity index (χ0n) is 17.5. The first-order valence-corrected chi connectivity index (χ1v) is 10.6. The number of nitrogens with one attached hydrogen (secondary N) is 1. The maximum Gasteiger partial charge on any atom is 0.137 e. The monoisotopic (exact) mass is 406 g/mol. The van der Waals surface area contributed by atoms with Gasteiger partial charge in [-0.1, -0.05) is 72.8 Å². The fraction of sp³-hybridized carbons (Fsp3) is 0.143. The molecule has 0 unspecified atom stereocenters. The third-order valence-electron chi connectivity index (χ3n) is 5.36. The average Bonchev–Trinajstić information content (AvgIpc) is 2.84. The number of carbonyl (C=O) groups is 1. The van der Waals surface area contributed by atoms with Gasteiger partial charge in [-0.3, -0.25) is 9.78 Å². The van der Waals surface area contributed by atoms with E-state index in [-0.39, 0.29) is 5.78 Å². The van der Waals surface area contributed by atoms with Crippen LogP contribution in [-0.2, 0) is 24.2 Å². The molecule has 0 aliphatic rings. The molecule has 154 valence electrons. The Balaban J connectivity index is 1.32. The second kappa shape index (κ2) is 10.4. The van der Waals surface area contributed by atoms with Crippen molar-refractivity contribution in [3.8, 4) is 11.1 Å². The number of carbonyl (C=O) groups excluding carboxylic acids is 1. The summed E-state index contributed by atoms with van der Waals surface area (Å²) < 4.78 is 0. The van der Waals surface area contributed by atoms with Crippen molar-refractivity contribution >= 4 is 11.5 Å². The lowest BCUT2D eigenvalue weighted by Gasteiger charge is -2.12. The minimum absolute atomic E-state index is 0.251. The molecule has 0 bridgehead atoms. The van der Waals surface area contributed by atoms with Crippen LogP contribution in [-0.4, -0.2) is 10.8 Å². The Labute approximate surface area is 183 Å². The first kappa shape index (κ1) is 20.5. The lowest BCUT2D eigenvalue weighted by atomic mass is 9.99. The fourth-order valence-corrected chi connectivity index (χ4v) is 3.66. The number of benzene rings is 3. The van der Waals surface area contributed by atoms with E-state index in [9.17, 15) is 4.79 Å². The lowest BCUT2D eigenvalue weighted by Crippen LogP contribution is -2.05. The van der Waals surface area contributed by atoms with Crippen LogP contribution < -0.4 is 5.32 Å². The van der Waals surface area contributed by atoms with Gasteiger partial charge in [0.2, 0.25) is 0 Å². The van der Waals surface area contributed by atoms with Crippen LogP contribution in [0.3, 0.4) is 0 Å². The van der Waals surface area contributed by atoms with Crippen molar-refractivity contribution in [2.24, 2.45) is 0 Å². The van der Waals surface area contributed by atoms with Crippen LogP contribution in [0.2, 0.25) is 0 Å². The summed E-state index contributed by atoms with van der Waals surface area (Å²) in [5, 5.41) is 3.51. The van der Waals surface area contributed by atoms with Crippen LogP contribution in [0.25, 0.3) is 11.1 Å². The highest BCUT2D eigenvalue weighted by molar-refractivity contribution is 5.81. The van der Waals surface area contributed by atoms with E-state index in [4.69, 9.17) is 0 Å². The predicted molar refractivity (Wildman–Crippen MR) is 127 cm³/mol. The van der Waals surface area contributed by atoms with Crippen molar-refractivity contribution in [1.29, 1.82) is 0 Å². The van der Waals surface area contributed by atoms with Gasteiger partial charge >= 0.3 is 0 Å². The summed E-state index contributed by atoms with van der Waals surface area (Å²) in [4.78, 5) is 16.4. The van der Waals surface area contributed by atoms with Crippen molar-refractivity contribution < 1.29 is 4.79 Å². The summed E-state index contributed by atoms with van der Waals surface area (Å²) in [7, 11) is 0. The summed E-state index contributed by atoms with van der Waals surface area (Å²) >= 11 is 0. The van der Waals surface area contributed by atoms with Crippen molar-refractivity contribution in [1.82, 2.24) is 4.98 Å². The van der Waals surface area contributed by atoms with E-state index in [0.717, 1.165) is 29.8 Å². The molecular weight excluding hydrogens is 380 g/mol. The topological polar surface area (TPSA) is 42.0 Å². The molecule has 0 saturated heterocycles. The zero-order chi connectivity index (χ0) is 21.3. The van der Waals surface area contributed by atoms with Crippen LogP contribution in [0.5, 0.6) is 0 Å². The molecule has 3 aromatic carbocycles. The maximum atomic E-state index is 12.3. The van der Waals surface area contributed by atoms with Gasteiger partial charge in [0.25, 0.3) is 0 Å². The summed E-state index contributed by atoms with van der Waals surface area (Å²) in [6, 6.07) is 31.0. The molecule has 0 amide bonds. The molecule has 0 aliphatic carbocycles. The number of ketones is 1. The molecule has 0 radical (unpaired) electrons. The van der Waals surface area contributed by atoms with E-state index in [1.807, 2.05) is 36.5 Å². The molecule has 4 aromatic rings. The van der Waals surface area contributed by atoms with E-state index in [2.05, 4.69) is 71.0 Å². The molecule has 1 N–H and O–H groups in total. The van der Waals surface area contributed by atoms with Gasteiger partial charge in [-0.25, -0.2) is 0 Å². The van der Waals surface area contributed by atoms with Crippen molar-refractivity contribution in [2.45, 2.75) is 25.8 Å². The van der Waals surface area contributed by atoms with E-state index in [0.29, 0.717) is 12.8 Å². The Kier molecular flexibility index (Phi) is 6.86. The first-order valence-electron chi connectivity index (χ1n) is 10.6.